The Bertz CT molecular complexity index is 192. The molecule has 0 aromatic carbocycles. The van der Waals surface area contributed by atoms with Crippen LogP contribution >= 0.6 is 0 Å². The van der Waals surface area contributed by atoms with E-state index in [1.54, 1.807) is 0 Å². The van der Waals surface area contributed by atoms with Crippen molar-refractivity contribution in [3.8, 4) is 0 Å². The largest absolute Gasteiger partial charge is 0.479 e. The summed E-state index contributed by atoms with van der Waals surface area (Å²) in [7, 11) is 3.89. The van der Waals surface area contributed by atoms with E-state index in [1.807, 2.05) is 25.9 Å². The maximum absolute atomic E-state index is 9.60. The third-order valence-corrected chi connectivity index (χ3v) is 1.97. The van der Waals surface area contributed by atoms with Crippen LogP contribution in [0.1, 0.15) is 13.3 Å². The number of likely N-dealkylation sites (N-methyl/N-ethyl adjacent to an activating group) is 1. The Hall–Kier alpha value is -0.610. The number of hydrogen-bond donors (Lipinski definition) is 1. The van der Waals surface area contributed by atoms with E-state index in [0.29, 0.717) is 19.6 Å². The average Bonchev–Trinajstić information content (AvgIpc) is 2.33. The fourth-order valence-electron chi connectivity index (χ4n) is 1.48. The van der Waals surface area contributed by atoms with E-state index in [2.05, 4.69) is 4.99 Å². The first-order valence-corrected chi connectivity index (χ1v) is 4.58. The van der Waals surface area contributed by atoms with Crippen molar-refractivity contribution in [2.45, 2.75) is 25.5 Å². The molecule has 0 saturated carbocycles. The molecule has 0 fully saturated rings. The first kappa shape index (κ1) is 10.5. The molecular weight excluding hydrogens is 168 g/mol. The van der Waals surface area contributed by atoms with E-state index < -0.39 is 0 Å². The highest BCUT2D eigenvalue weighted by Gasteiger charge is 2.19. The molecule has 0 bridgehead atoms. The second-order valence-electron chi connectivity index (χ2n) is 3.76. The summed E-state index contributed by atoms with van der Waals surface area (Å²) >= 11 is 0. The fourth-order valence-corrected chi connectivity index (χ4v) is 1.48. The van der Waals surface area contributed by atoms with E-state index in [4.69, 9.17) is 4.74 Å². The molecule has 1 rings (SSSR count). The number of hydrogen-bond acceptors (Lipinski definition) is 4. The van der Waals surface area contributed by atoms with Gasteiger partial charge in [0.2, 0.25) is 0 Å². The summed E-state index contributed by atoms with van der Waals surface area (Å²) in [4.78, 5) is 6.22. The molecule has 1 aliphatic rings. The van der Waals surface area contributed by atoms with Gasteiger partial charge in [-0.15, -0.1) is 0 Å². The monoisotopic (exact) mass is 186 g/mol. The maximum atomic E-state index is 9.60. The van der Waals surface area contributed by atoms with Crippen molar-refractivity contribution >= 4 is 5.90 Å². The Labute approximate surface area is 79.2 Å². The average molecular weight is 186 g/mol. The molecule has 1 aliphatic heterocycles. The molecule has 2 atom stereocenters. The summed E-state index contributed by atoms with van der Waals surface area (Å²) in [5, 5.41) is 9.60. The van der Waals surface area contributed by atoms with Crippen LogP contribution in [0, 0.1) is 0 Å². The van der Waals surface area contributed by atoms with Crippen LogP contribution in [0.15, 0.2) is 4.99 Å². The normalized spacial score (nSPS) is 24.4. The number of rotatable bonds is 4. The molecule has 76 valence electrons. The molecule has 4 nitrogen and oxygen atoms in total. The minimum Gasteiger partial charge on any atom is -0.479 e. The van der Waals surface area contributed by atoms with Gasteiger partial charge in [-0.3, -0.25) is 0 Å². The Morgan fingerprint density at radius 1 is 1.69 bits per heavy atom. The Morgan fingerprint density at radius 2 is 2.38 bits per heavy atom. The number of aliphatic hydroxyl groups is 1. The van der Waals surface area contributed by atoms with Gasteiger partial charge in [0, 0.05) is 19.9 Å². The highest BCUT2D eigenvalue weighted by atomic mass is 16.5. The van der Waals surface area contributed by atoms with Gasteiger partial charge in [0.15, 0.2) is 5.90 Å². The van der Waals surface area contributed by atoms with Gasteiger partial charge in [-0.1, -0.05) is 0 Å². The highest BCUT2D eigenvalue weighted by molar-refractivity contribution is 5.74. The summed E-state index contributed by atoms with van der Waals surface area (Å²) in [6.45, 7) is 3.15. The number of nitrogens with zero attached hydrogens (tertiary/aromatic N) is 2. The molecule has 0 aromatic heterocycles. The summed E-state index contributed by atoms with van der Waals surface area (Å²) in [6, 6.07) is 0.148. The van der Waals surface area contributed by atoms with Crippen molar-refractivity contribution < 1.29 is 9.84 Å². The van der Waals surface area contributed by atoms with Crippen LogP contribution in [0.25, 0.3) is 0 Å². The van der Waals surface area contributed by atoms with Crippen LogP contribution in [-0.2, 0) is 4.74 Å². The van der Waals surface area contributed by atoms with E-state index >= 15 is 0 Å². The van der Waals surface area contributed by atoms with E-state index in [9.17, 15) is 5.11 Å². The van der Waals surface area contributed by atoms with Crippen LogP contribution in [0.2, 0.25) is 0 Å². The minimum absolute atomic E-state index is 0.148. The van der Waals surface area contributed by atoms with E-state index in [0.717, 1.165) is 5.90 Å². The van der Waals surface area contributed by atoms with Gasteiger partial charge in [-0.25, -0.2) is 4.99 Å². The summed E-state index contributed by atoms with van der Waals surface area (Å²) in [5.41, 5.74) is 0. The number of aliphatic imine (C=N–C) groups is 1. The van der Waals surface area contributed by atoms with Crippen molar-refractivity contribution in [3.63, 3.8) is 0 Å². The Kier molecular flexibility index (Phi) is 3.69. The molecule has 0 aliphatic carbocycles. The van der Waals surface area contributed by atoms with Gasteiger partial charge in [0.1, 0.15) is 6.61 Å². The minimum atomic E-state index is -0.307. The van der Waals surface area contributed by atoms with Crippen molar-refractivity contribution in [1.82, 2.24) is 4.90 Å². The van der Waals surface area contributed by atoms with Crippen LogP contribution in [0.3, 0.4) is 0 Å². The van der Waals surface area contributed by atoms with Crippen molar-refractivity contribution in [3.05, 3.63) is 0 Å². The SMILES string of the molecule is CC1=N[C@@H](C[C@H](O)CN(C)C)CO1. The molecule has 13 heavy (non-hydrogen) atoms. The second kappa shape index (κ2) is 4.58. The van der Waals surface area contributed by atoms with Crippen LogP contribution in [-0.4, -0.2) is 55.3 Å². The Balaban J connectivity index is 2.24. The number of ether oxygens (including phenoxy) is 1. The topological polar surface area (TPSA) is 45.1 Å². The third-order valence-electron chi connectivity index (χ3n) is 1.97. The van der Waals surface area contributed by atoms with Gasteiger partial charge in [0.05, 0.1) is 12.1 Å². The van der Waals surface area contributed by atoms with Crippen LogP contribution < -0.4 is 0 Å². The molecule has 0 radical (unpaired) electrons. The predicted molar refractivity (Wildman–Crippen MR) is 52.0 cm³/mol. The molecule has 0 spiro atoms. The quantitative estimate of drug-likeness (QED) is 0.678. The second-order valence-corrected chi connectivity index (χ2v) is 3.76. The molecule has 0 amide bonds. The van der Waals surface area contributed by atoms with Crippen molar-refractivity contribution in [2.75, 3.05) is 27.2 Å². The van der Waals surface area contributed by atoms with Gasteiger partial charge in [-0.05, 0) is 14.1 Å². The maximum Gasteiger partial charge on any atom is 0.180 e. The zero-order valence-corrected chi connectivity index (χ0v) is 8.53. The van der Waals surface area contributed by atoms with Gasteiger partial charge < -0.3 is 14.7 Å². The lowest BCUT2D eigenvalue weighted by Crippen LogP contribution is -2.29. The van der Waals surface area contributed by atoms with Crippen LogP contribution in [0.4, 0.5) is 0 Å². The molecule has 0 unspecified atom stereocenters. The highest BCUT2D eigenvalue weighted by Crippen LogP contribution is 2.10. The van der Waals surface area contributed by atoms with Gasteiger partial charge in [-0.2, -0.15) is 0 Å². The predicted octanol–water partition coefficient (Wildman–Crippen LogP) is 0.116. The number of aliphatic hydroxyl groups excluding tert-OH is 1. The first-order chi connectivity index (χ1) is 6.08. The zero-order chi connectivity index (χ0) is 9.84. The summed E-state index contributed by atoms with van der Waals surface area (Å²) < 4.78 is 5.20. The van der Waals surface area contributed by atoms with Crippen LogP contribution in [0.5, 0.6) is 0 Å². The third kappa shape index (κ3) is 3.74. The molecule has 0 aromatic rings. The molecule has 1 heterocycles. The lowest BCUT2D eigenvalue weighted by atomic mass is 10.1. The summed E-state index contributed by atoms with van der Waals surface area (Å²) in [5.74, 6) is 0.738. The van der Waals surface area contributed by atoms with Gasteiger partial charge >= 0.3 is 0 Å². The van der Waals surface area contributed by atoms with E-state index in [-0.39, 0.29) is 12.1 Å². The molecule has 1 N–H and O–H groups in total. The molecular formula is C9H18N2O2. The molecule has 0 saturated heterocycles. The van der Waals surface area contributed by atoms with Crippen molar-refractivity contribution in [2.24, 2.45) is 4.99 Å². The fraction of sp³-hybridized carbons (Fsp3) is 0.889. The molecule has 4 heteroatoms. The zero-order valence-electron chi connectivity index (χ0n) is 8.53. The lowest BCUT2D eigenvalue weighted by molar-refractivity contribution is 0.117. The Morgan fingerprint density at radius 3 is 2.85 bits per heavy atom. The van der Waals surface area contributed by atoms with Crippen molar-refractivity contribution in [1.29, 1.82) is 0 Å². The first-order valence-electron chi connectivity index (χ1n) is 4.58. The summed E-state index contributed by atoms with van der Waals surface area (Å²) in [6.07, 6.45) is 0.383. The van der Waals surface area contributed by atoms with Gasteiger partial charge in [0.25, 0.3) is 0 Å². The smallest absolute Gasteiger partial charge is 0.180 e. The standard InChI is InChI=1S/C9H18N2O2/c1-7-10-8(6-13-7)4-9(12)5-11(2)3/h8-9,12H,4-6H2,1-3H3/t8-,9-/m0/s1. The van der Waals surface area contributed by atoms with E-state index in [1.165, 1.54) is 0 Å². The lowest BCUT2D eigenvalue weighted by Gasteiger charge is -2.16.